The summed E-state index contributed by atoms with van der Waals surface area (Å²) < 4.78 is 8.40. The number of pyridine rings is 2. The molecule has 0 saturated carbocycles. The molecule has 0 atom stereocenters. The molecule has 1 aliphatic rings. The van der Waals surface area contributed by atoms with Gasteiger partial charge in [0.25, 0.3) is 11.5 Å². The van der Waals surface area contributed by atoms with E-state index in [9.17, 15) is 9.59 Å². The van der Waals surface area contributed by atoms with Crippen LogP contribution >= 0.6 is 0 Å². The zero-order valence-corrected chi connectivity index (χ0v) is 15.4. The van der Waals surface area contributed by atoms with Gasteiger partial charge in [-0.15, -0.1) is 0 Å². The summed E-state index contributed by atoms with van der Waals surface area (Å²) in [5.41, 5.74) is 6.06. The number of hydrogen-bond acceptors (Lipinski definition) is 6. The molecule has 3 N–H and O–H groups in total. The van der Waals surface area contributed by atoms with Gasteiger partial charge in [0.1, 0.15) is 16.8 Å². The van der Waals surface area contributed by atoms with Gasteiger partial charge in [-0.05, 0) is 24.6 Å². The third-order valence-electron chi connectivity index (χ3n) is 5.04. The maximum Gasteiger partial charge on any atom is 0.267 e. The summed E-state index contributed by atoms with van der Waals surface area (Å²) in [5, 5.41) is 8.72. The molecule has 146 valence electrons. The van der Waals surface area contributed by atoms with Gasteiger partial charge in [0.2, 0.25) is 0 Å². The van der Waals surface area contributed by atoms with Crippen LogP contribution in [-0.4, -0.2) is 57.6 Å². The van der Waals surface area contributed by atoms with Crippen molar-refractivity contribution in [2.75, 3.05) is 32.8 Å². The molecule has 28 heavy (non-hydrogen) atoms. The number of amides is 1. The lowest BCUT2D eigenvalue weighted by molar-refractivity contribution is 0.0369. The molecule has 4 rings (SSSR count). The Labute approximate surface area is 160 Å². The molecule has 3 aromatic heterocycles. The van der Waals surface area contributed by atoms with Crippen LogP contribution in [0.1, 0.15) is 16.8 Å². The summed E-state index contributed by atoms with van der Waals surface area (Å²) in [7, 11) is 0. The minimum Gasteiger partial charge on any atom is -0.379 e. The lowest BCUT2D eigenvalue weighted by Crippen LogP contribution is -2.38. The second-order valence-corrected chi connectivity index (χ2v) is 6.81. The van der Waals surface area contributed by atoms with Crippen molar-refractivity contribution in [3.8, 4) is 0 Å². The molecule has 3 aromatic rings. The summed E-state index contributed by atoms with van der Waals surface area (Å²) in [5.74, 6) is -0.730. The maximum absolute atomic E-state index is 12.9. The molecule has 1 fully saturated rings. The summed E-state index contributed by atoms with van der Waals surface area (Å²) in [4.78, 5) is 31.7. The number of aryl methyl sites for hydroxylation is 1. The minimum atomic E-state index is -0.730. The molecule has 1 aliphatic heterocycles. The quantitative estimate of drug-likeness (QED) is 0.600. The lowest BCUT2D eigenvalue weighted by Gasteiger charge is -2.26. The highest BCUT2D eigenvalue weighted by Crippen LogP contribution is 2.11. The highest BCUT2D eigenvalue weighted by Gasteiger charge is 2.16. The van der Waals surface area contributed by atoms with Crippen LogP contribution in [0.5, 0.6) is 0 Å². The van der Waals surface area contributed by atoms with Crippen LogP contribution in [0.15, 0.2) is 35.3 Å². The average Bonchev–Trinajstić information content (AvgIpc) is 2.70. The number of fused-ring (bicyclic) bond motifs is 2. The van der Waals surface area contributed by atoms with E-state index in [1.54, 1.807) is 29.0 Å². The van der Waals surface area contributed by atoms with Crippen molar-refractivity contribution >= 4 is 22.6 Å². The van der Waals surface area contributed by atoms with Gasteiger partial charge in [-0.3, -0.25) is 24.3 Å². The van der Waals surface area contributed by atoms with Crippen molar-refractivity contribution in [2.24, 2.45) is 5.73 Å². The molecule has 0 bridgehead atoms. The van der Waals surface area contributed by atoms with Crippen molar-refractivity contribution in [2.45, 2.75) is 13.0 Å². The van der Waals surface area contributed by atoms with Crippen LogP contribution in [-0.2, 0) is 11.3 Å². The standard InChI is InChI=1S/C19H22N6O3/c20-16-13(17(21)26)12-14-18(22-15-4-1-2-6-24(15)19(14)27)25(16)7-3-5-23-8-10-28-11-9-23/h1-2,4,6,12,20H,3,5,7-11H2,(H2,21,26). The van der Waals surface area contributed by atoms with Crippen LogP contribution in [0.4, 0.5) is 0 Å². The highest BCUT2D eigenvalue weighted by molar-refractivity contribution is 5.95. The number of nitrogens with zero attached hydrogens (tertiary/aromatic N) is 4. The minimum absolute atomic E-state index is 0.0193. The van der Waals surface area contributed by atoms with Crippen LogP contribution in [0.3, 0.4) is 0 Å². The van der Waals surface area contributed by atoms with E-state index in [4.69, 9.17) is 15.9 Å². The monoisotopic (exact) mass is 382 g/mol. The predicted molar refractivity (Wildman–Crippen MR) is 103 cm³/mol. The van der Waals surface area contributed by atoms with E-state index >= 15 is 0 Å². The van der Waals surface area contributed by atoms with Crippen LogP contribution in [0.25, 0.3) is 16.7 Å². The van der Waals surface area contributed by atoms with E-state index < -0.39 is 5.91 Å². The fourth-order valence-corrected chi connectivity index (χ4v) is 3.57. The topological polar surface area (TPSA) is 119 Å². The number of hydrogen-bond donors (Lipinski definition) is 2. The van der Waals surface area contributed by atoms with Crippen molar-refractivity contribution in [3.05, 3.63) is 51.9 Å². The first-order valence-electron chi connectivity index (χ1n) is 9.26. The van der Waals surface area contributed by atoms with E-state index in [0.29, 0.717) is 17.8 Å². The summed E-state index contributed by atoms with van der Waals surface area (Å²) in [6, 6.07) is 6.67. The number of carbonyl (C=O) groups is 1. The van der Waals surface area contributed by atoms with Crippen molar-refractivity contribution in [1.29, 1.82) is 5.41 Å². The SMILES string of the molecule is N=c1c(C(N)=O)cc2c(=O)n3ccccc3nc2n1CCCN1CCOCC1. The molecule has 1 amide bonds. The van der Waals surface area contributed by atoms with E-state index in [1.807, 2.05) is 0 Å². The highest BCUT2D eigenvalue weighted by atomic mass is 16.5. The van der Waals surface area contributed by atoms with Gasteiger partial charge in [-0.2, -0.15) is 0 Å². The van der Waals surface area contributed by atoms with Crippen molar-refractivity contribution in [3.63, 3.8) is 0 Å². The Kier molecular flexibility index (Phi) is 4.93. The van der Waals surface area contributed by atoms with Gasteiger partial charge in [0.05, 0.1) is 24.2 Å². The molecule has 0 unspecified atom stereocenters. The average molecular weight is 382 g/mol. The maximum atomic E-state index is 12.9. The molecule has 0 aromatic carbocycles. The summed E-state index contributed by atoms with van der Waals surface area (Å²) in [6.45, 7) is 4.51. The first-order chi connectivity index (χ1) is 13.6. The first-order valence-corrected chi connectivity index (χ1v) is 9.26. The zero-order chi connectivity index (χ0) is 19.7. The van der Waals surface area contributed by atoms with Gasteiger partial charge in [0.15, 0.2) is 0 Å². The fraction of sp³-hybridized carbons (Fsp3) is 0.368. The predicted octanol–water partition coefficient (Wildman–Crippen LogP) is -0.0501. The largest absolute Gasteiger partial charge is 0.379 e. The number of nitrogens with two attached hydrogens (primary N) is 1. The Morgan fingerprint density at radius 3 is 2.79 bits per heavy atom. The number of primary amides is 1. The number of ether oxygens (including phenoxy) is 1. The van der Waals surface area contributed by atoms with Gasteiger partial charge in [0, 0.05) is 32.4 Å². The van der Waals surface area contributed by atoms with Crippen LogP contribution in [0, 0.1) is 5.41 Å². The third kappa shape index (κ3) is 3.30. The Bertz CT molecular complexity index is 1160. The molecule has 0 radical (unpaired) electrons. The second-order valence-electron chi connectivity index (χ2n) is 6.81. The van der Waals surface area contributed by atoms with Crippen molar-refractivity contribution in [1.82, 2.24) is 18.9 Å². The molecular formula is C19H22N6O3. The smallest absolute Gasteiger partial charge is 0.267 e. The van der Waals surface area contributed by atoms with E-state index in [2.05, 4.69) is 9.88 Å². The third-order valence-corrected chi connectivity index (χ3v) is 5.04. The zero-order valence-electron chi connectivity index (χ0n) is 15.4. The Hall–Kier alpha value is -3.04. The number of carbonyl (C=O) groups excluding carboxylic acids is 1. The first kappa shape index (κ1) is 18.3. The van der Waals surface area contributed by atoms with Gasteiger partial charge >= 0.3 is 0 Å². The molecule has 9 heteroatoms. The molecule has 1 saturated heterocycles. The normalized spacial score (nSPS) is 15.3. The van der Waals surface area contributed by atoms with E-state index in [1.165, 1.54) is 10.5 Å². The number of nitrogens with one attached hydrogen (secondary N) is 1. The molecule has 9 nitrogen and oxygen atoms in total. The molecule has 4 heterocycles. The number of rotatable bonds is 5. The summed E-state index contributed by atoms with van der Waals surface area (Å²) in [6.07, 6.45) is 2.38. The van der Waals surface area contributed by atoms with E-state index in [-0.39, 0.29) is 22.0 Å². The van der Waals surface area contributed by atoms with Crippen LogP contribution in [0.2, 0.25) is 0 Å². The lowest BCUT2D eigenvalue weighted by atomic mass is 10.2. The van der Waals surface area contributed by atoms with Gasteiger partial charge < -0.3 is 15.0 Å². The molecule has 0 aliphatic carbocycles. The Balaban J connectivity index is 1.80. The van der Waals surface area contributed by atoms with Gasteiger partial charge in [-0.25, -0.2) is 4.98 Å². The Morgan fingerprint density at radius 2 is 2.04 bits per heavy atom. The number of morpholine rings is 1. The molecule has 0 spiro atoms. The fourth-order valence-electron chi connectivity index (χ4n) is 3.57. The molecular weight excluding hydrogens is 360 g/mol. The van der Waals surface area contributed by atoms with E-state index in [0.717, 1.165) is 39.3 Å². The van der Waals surface area contributed by atoms with Crippen molar-refractivity contribution < 1.29 is 9.53 Å². The second kappa shape index (κ2) is 7.53. The number of aromatic nitrogens is 3. The Morgan fingerprint density at radius 1 is 1.25 bits per heavy atom. The van der Waals surface area contributed by atoms with Crippen LogP contribution < -0.4 is 16.8 Å². The summed E-state index contributed by atoms with van der Waals surface area (Å²) >= 11 is 0. The van der Waals surface area contributed by atoms with Gasteiger partial charge in [-0.1, -0.05) is 6.07 Å².